The molecule has 0 aromatic heterocycles. The number of sulfonamides is 1. The molecule has 3 N–H and O–H groups in total. The van der Waals surface area contributed by atoms with E-state index in [-0.39, 0.29) is 52.5 Å². The molecule has 0 aliphatic carbocycles. The summed E-state index contributed by atoms with van der Waals surface area (Å²) in [5.74, 6) is -0.182. The number of para-hydroxylation sites is 1. The minimum absolute atomic E-state index is 0.0580. The van der Waals surface area contributed by atoms with Crippen molar-refractivity contribution in [2.75, 3.05) is 31.5 Å². The first kappa shape index (κ1) is 23.1. The molecule has 0 radical (unpaired) electrons. The zero-order valence-electron chi connectivity index (χ0n) is 17.9. The first-order valence-electron chi connectivity index (χ1n) is 10.2. The first-order chi connectivity index (χ1) is 14.8. The van der Waals surface area contributed by atoms with Crippen LogP contribution in [0.4, 0.5) is 5.69 Å². The summed E-state index contributed by atoms with van der Waals surface area (Å²) in [5, 5.41) is 12.8. The molecule has 31 heavy (non-hydrogen) atoms. The molecular formula is C22H29N3O5S. The Morgan fingerprint density at radius 3 is 2.55 bits per heavy atom. The number of rotatable bonds is 7. The summed E-state index contributed by atoms with van der Waals surface area (Å²) in [6.07, 6.45) is -0.312. The maximum atomic E-state index is 13.3. The van der Waals surface area contributed by atoms with Gasteiger partial charge in [-0.3, -0.25) is 9.52 Å². The number of benzene rings is 2. The Bertz CT molecular complexity index is 1010. The molecule has 0 unspecified atom stereocenters. The zero-order chi connectivity index (χ0) is 22.6. The van der Waals surface area contributed by atoms with Crippen LogP contribution in [0.15, 0.2) is 53.4 Å². The van der Waals surface area contributed by atoms with Crippen LogP contribution in [0.3, 0.4) is 0 Å². The number of aliphatic hydroxyl groups excluding tert-OH is 1. The van der Waals surface area contributed by atoms with Crippen molar-refractivity contribution in [3.05, 3.63) is 54.1 Å². The van der Waals surface area contributed by atoms with Crippen molar-refractivity contribution in [2.45, 2.75) is 30.9 Å². The van der Waals surface area contributed by atoms with E-state index in [9.17, 15) is 18.3 Å². The quantitative estimate of drug-likeness (QED) is 0.599. The Morgan fingerprint density at radius 1 is 1.19 bits per heavy atom. The maximum Gasteiger partial charge on any atom is 0.262 e. The van der Waals surface area contributed by atoms with Crippen molar-refractivity contribution >= 4 is 21.6 Å². The Kier molecular flexibility index (Phi) is 7.19. The largest absolute Gasteiger partial charge is 0.486 e. The summed E-state index contributed by atoms with van der Waals surface area (Å²) < 4.78 is 34.6. The lowest BCUT2D eigenvalue weighted by Gasteiger charge is -2.37. The van der Waals surface area contributed by atoms with Crippen LogP contribution in [-0.4, -0.2) is 63.2 Å². The molecule has 8 nitrogen and oxygen atoms in total. The summed E-state index contributed by atoms with van der Waals surface area (Å²) in [6.45, 7) is 4.49. The van der Waals surface area contributed by atoms with Crippen molar-refractivity contribution in [3.8, 4) is 5.75 Å². The number of nitrogens with zero attached hydrogens (tertiary/aromatic N) is 1. The van der Waals surface area contributed by atoms with Gasteiger partial charge in [0.25, 0.3) is 15.9 Å². The smallest absolute Gasteiger partial charge is 0.262 e. The Labute approximate surface area is 183 Å². The molecule has 1 heterocycles. The fourth-order valence-electron chi connectivity index (χ4n) is 3.57. The monoisotopic (exact) mass is 447 g/mol. The van der Waals surface area contributed by atoms with E-state index in [1.165, 1.54) is 12.1 Å². The van der Waals surface area contributed by atoms with Crippen LogP contribution in [0.25, 0.3) is 0 Å². The lowest BCUT2D eigenvalue weighted by atomic mass is 9.99. The Balaban J connectivity index is 2.09. The molecule has 0 bridgehead atoms. The molecular weight excluding hydrogens is 418 g/mol. The lowest BCUT2D eigenvalue weighted by molar-refractivity contribution is 0.0417. The lowest BCUT2D eigenvalue weighted by Crippen LogP contribution is -2.49. The molecule has 3 rings (SSSR count). The van der Waals surface area contributed by atoms with Crippen LogP contribution in [0.2, 0.25) is 0 Å². The number of fused-ring (bicyclic) bond motifs is 1. The molecule has 0 saturated carbocycles. The number of amides is 1. The Hall–Kier alpha value is -2.62. The fourth-order valence-corrected chi connectivity index (χ4v) is 4.66. The fraction of sp³-hybridized carbons (Fsp3) is 0.409. The molecule has 9 heteroatoms. The summed E-state index contributed by atoms with van der Waals surface area (Å²) in [7, 11) is -2.07. The van der Waals surface area contributed by atoms with Gasteiger partial charge in [0, 0.05) is 19.0 Å². The van der Waals surface area contributed by atoms with E-state index in [2.05, 4.69) is 10.0 Å². The second kappa shape index (κ2) is 9.67. The number of carbonyl (C=O) groups is 1. The molecule has 1 aliphatic heterocycles. The summed E-state index contributed by atoms with van der Waals surface area (Å²) in [6, 6.07) is 12.4. The van der Waals surface area contributed by atoms with Gasteiger partial charge in [0.05, 0.1) is 28.8 Å². The number of anilines is 1. The molecule has 2 aromatic carbocycles. The number of likely N-dealkylation sites (N-methyl/N-ethyl adjacent to an activating group) is 1. The minimum atomic E-state index is -3.87. The van der Waals surface area contributed by atoms with Gasteiger partial charge in [-0.15, -0.1) is 0 Å². The number of hydrogen-bond donors (Lipinski definition) is 3. The van der Waals surface area contributed by atoms with Crippen LogP contribution < -0.4 is 14.8 Å². The highest BCUT2D eigenvalue weighted by Gasteiger charge is 2.34. The second-order valence-corrected chi connectivity index (χ2v) is 9.46. The molecule has 168 valence electrons. The summed E-state index contributed by atoms with van der Waals surface area (Å²) in [5.41, 5.74) is 0.447. The van der Waals surface area contributed by atoms with E-state index in [0.29, 0.717) is 13.1 Å². The van der Waals surface area contributed by atoms with E-state index >= 15 is 0 Å². The molecule has 1 aliphatic rings. The van der Waals surface area contributed by atoms with Gasteiger partial charge in [-0.2, -0.15) is 0 Å². The maximum absolute atomic E-state index is 13.3. The highest BCUT2D eigenvalue weighted by Crippen LogP contribution is 2.35. The molecule has 2 aromatic rings. The average Bonchev–Trinajstić information content (AvgIpc) is 2.76. The van der Waals surface area contributed by atoms with Gasteiger partial charge in [-0.25, -0.2) is 8.42 Å². The third-order valence-corrected chi connectivity index (χ3v) is 6.78. The van der Waals surface area contributed by atoms with Crippen molar-refractivity contribution in [2.24, 2.45) is 5.92 Å². The van der Waals surface area contributed by atoms with Gasteiger partial charge < -0.3 is 20.1 Å². The summed E-state index contributed by atoms with van der Waals surface area (Å²) >= 11 is 0. The van der Waals surface area contributed by atoms with Crippen LogP contribution in [0, 0.1) is 5.92 Å². The van der Waals surface area contributed by atoms with Gasteiger partial charge in [-0.05, 0) is 38.2 Å². The third-order valence-electron chi connectivity index (χ3n) is 5.39. The number of ether oxygens (including phenoxy) is 1. The third kappa shape index (κ3) is 5.00. The van der Waals surface area contributed by atoms with Gasteiger partial charge in [0.1, 0.15) is 6.10 Å². The average molecular weight is 448 g/mol. The first-order valence-corrected chi connectivity index (χ1v) is 11.7. The number of carbonyl (C=O) groups excluding carboxylic acids is 1. The molecule has 0 fully saturated rings. The van der Waals surface area contributed by atoms with Crippen molar-refractivity contribution in [3.63, 3.8) is 0 Å². The number of nitrogens with one attached hydrogen (secondary N) is 2. The molecule has 0 saturated heterocycles. The number of aliphatic hydroxyl groups is 1. The van der Waals surface area contributed by atoms with Crippen molar-refractivity contribution < 1.29 is 23.1 Å². The van der Waals surface area contributed by atoms with Crippen LogP contribution >= 0.6 is 0 Å². The second-order valence-electron chi connectivity index (χ2n) is 7.78. The predicted molar refractivity (Wildman–Crippen MR) is 119 cm³/mol. The van der Waals surface area contributed by atoms with Crippen LogP contribution in [0.1, 0.15) is 24.2 Å². The van der Waals surface area contributed by atoms with E-state index in [1.54, 1.807) is 55.3 Å². The number of hydrogen-bond acceptors (Lipinski definition) is 6. The van der Waals surface area contributed by atoms with Gasteiger partial charge in [0.2, 0.25) is 0 Å². The predicted octanol–water partition coefficient (Wildman–Crippen LogP) is 1.93. The molecule has 3 atom stereocenters. The van der Waals surface area contributed by atoms with Crippen molar-refractivity contribution in [1.82, 2.24) is 10.2 Å². The van der Waals surface area contributed by atoms with E-state index < -0.39 is 10.0 Å². The van der Waals surface area contributed by atoms with E-state index in [1.807, 2.05) is 6.92 Å². The topological polar surface area (TPSA) is 108 Å². The van der Waals surface area contributed by atoms with E-state index in [0.717, 1.165) is 0 Å². The standard InChI is InChI=1S/C22H29N3O5S/c1-15-13-25(16(2)14-26)22(27)18-10-7-11-19(21(18)30-20(15)12-23-3)24-31(28,29)17-8-5-4-6-9-17/h4-11,15-16,20,23-24,26H,12-14H2,1-3H3/t15-,16-,20-/m0/s1. The highest BCUT2D eigenvalue weighted by atomic mass is 32.2. The van der Waals surface area contributed by atoms with Crippen molar-refractivity contribution in [1.29, 1.82) is 0 Å². The van der Waals surface area contributed by atoms with E-state index in [4.69, 9.17) is 4.74 Å². The van der Waals surface area contributed by atoms with Gasteiger partial charge in [-0.1, -0.05) is 31.2 Å². The highest BCUT2D eigenvalue weighted by molar-refractivity contribution is 7.92. The Morgan fingerprint density at radius 2 is 1.90 bits per heavy atom. The van der Waals surface area contributed by atoms with Crippen LogP contribution in [0.5, 0.6) is 5.75 Å². The molecule has 1 amide bonds. The van der Waals surface area contributed by atoms with Gasteiger partial charge >= 0.3 is 0 Å². The minimum Gasteiger partial charge on any atom is -0.486 e. The summed E-state index contributed by atoms with van der Waals surface area (Å²) in [4.78, 5) is 15.1. The van der Waals surface area contributed by atoms with Gasteiger partial charge in [0.15, 0.2) is 5.75 Å². The molecule has 0 spiro atoms. The van der Waals surface area contributed by atoms with Crippen LogP contribution in [-0.2, 0) is 10.0 Å². The SMILES string of the molecule is CNC[C@@H]1Oc2c(NS(=O)(=O)c3ccccc3)cccc2C(=O)N([C@@H](C)CO)C[C@@H]1C. The normalized spacial score (nSPS) is 20.3. The zero-order valence-corrected chi connectivity index (χ0v) is 18.7.